The number of nitrogens with one attached hydrogen (secondary N) is 1. The van der Waals surface area contributed by atoms with Crippen LogP contribution < -0.4 is 19.9 Å². The summed E-state index contributed by atoms with van der Waals surface area (Å²) in [4.78, 5) is 31.9. The van der Waals surface area contributed by atoms with E-state index in [4.69, 9.17) is 16.3 Å². The van der Waals surface area contributed by atoms with Gasteiger partial charge in [0.15, 0.2) is 0 Å². The lowest BCUT2D eigenvalue weighted by Crippen LogP contribution is -2.44. The van der Waals surface area contributed by atoms with Crippen LogP contribution in [0.2, 0.25) is 5.02 Å². The highest BCUT2D eigenvalue weighted by atomic mass is 35.5. The Kier molecular flexibility index (Phi) is 6.34. The molecule has 31 heavy (non-hydrogen) atoms. The minimum absolute atomic E-state index is 0.0879. The largest absolute Gasteiger partial charge is 0.495 e. The quantitative estimate of drug-likeness (QED) is 0.770. The number of rotatable bonds is 5. The van der Waals surface area contributed by atoms with Gasteiger partial charge >= 0.3 is 0 Å². The maximum atomic E-state index is 13.1. The SMILES string of the molecule is COc1ccccc1N1CC(C(=O)Nc2cc(Cl)ccc2N2CCN(C)CC2)CC1=O. The first-order valence-corrected chi connectivity index (χ1v) is 10.8. The number of likely N-dealkylation sites (N-methyl/N-ethyl adjacent to an activating group) is 1. The van der Waals surface area contributed by atoms with Crippen molar-refractivity contribution in [3.05, 3.63) is 47.5 Å². The molecule has 0 saturated carbocycles. The van der Waals surface area contributed by atoms with E-state index in [9.17, 15) is 9.59 Å². The molecule has 0 radical (unpaired) electrons. The summed E-state index contributed by atoms with van der Waals surface area (Å²) in [6.07, 6.45) is 0.161. The molecule has 0 aromatic heterocycles. The normalized spacial score (nSPS) is 19.6. The van der Waals surface area contributed by atoms with Gasteiger partial charge < -0.3 is 24.8 Å². The summed E-state index contributed by atoms with van der Waals surface area (Å²) in [5.74, 6) is -0.0979. The second-order valence-electron chi connectivity index (χ2n) is 8.02. The molecule has 2 amide bonds. The van der Waals surface area contributed by atoms with Crippen molar-refractivity contribution < 1.29 is 14.3 Å². The van der Waals surface area contributed by atoms with Crippen LogP contribution in [0.1, 0.15) is 6.42 Å². The zero-order chi connectivity index (χ0) is 22.0. The maximum absolute atomic E-state index is 13.1. The highest BCUT2D eigenvalue weighted by Crippen LogP contribution is 2.34. The van der Waals surface area contributed by atoms with E-state index in [1.165, 1.54) is 0 Å². The van der Waals surface area contributed by atoms with E-state index in [0.29, 0.717) is 28.7 Å². The number of ether oxygens (including phenoxy) is 1. The van der Waals surface area contributed by atoms with Gasteiger partial charge in [-0.1, -0.05) is 23.7 Å². The van der Waals surface area contributed by atoms with E-state index >= 15 is 0 Å². The lowest BCUT2D eigenvalue weighted by Gasteiger charge is -2.35. The monoisotopic (exact) mass is 442 g/mol. The molecule has 4 rings (SSSR count). The van der Waals surface area contributed by atoms with E-state index in [1.807, 2.05) is 36.4 Å². The first-order valence-electron chi connectivity index (χ1n) is 10.4. The van der Waals surface area contributed by atoms with Crippen LogP contribution in [-0.4, -0.2) is 63.6 Å². The average Bonchev–Trinajstić information content (AvgIpc) is 3.16. The van der Waals surface area contributed by atoms with Crippen molar-refractivity contribution in [2.24, 2.45) is 5.92 Å². The van der Waals surface area contributed by atoms with Crippen molar-refractivity contribution in [1.82, 2.24) is 4.90 Å². The Hall–Kier alpha value is -2.77. The molecule has 2 heterocycles. The summed E-state index contributed by atoms with van der Waals surface area (Å²) in [7, 11) is 3.68. The van der Waals surface area contributed by atoms with Gasteiger partial charge in [-0.25, -0.2) is 0 Å². The van der Waals surface area contributed by atoms with Gasteiger partial charge in [0.1, 0.15) is 5.75 Å². The Balaban J connectivity index is 1.50. The summed E-state index contributed by atoms with van der Waals surface area (Å²) in [6.45, 7) is 3.99. The van der Waals surface area contributed by atoms with Gasteiger partial charge in [-0.3, -0.25) is 9.59 Å². The molecule has 164 valence electrons. The average molecular weight is 443 g/mol. The first-order chi connectivity index (χ1) is 15.0. The molecule has 8 heteroatoms. The summed E-state index contributed by atoms with van der Waals surface area (Å²) < 4.78 is 5.38. The van der Waals surface area contributed by atoms with Gasteiger partial charge in [0.05, 0.1) is 30.1 Å². The number of carbonyl (C=O) groups is 2. The number of methoxy groups -OCH3 is 1. The maximum Gasteiger partial charge on any atom is 0.229 e. The number of para-hydroxylation sites is 2. The summed E-state index contributed by atoms with van der Waals surface area (Å²) >= 11 is 6.23. The molecule has 2 saturated heterocycles. The van der Waals surface area contributed by atoms with Crippen molar-refractivity contribution in [2.45, 2.75) is 6.42 Å². The number of nitrogens with zero attached hydrogens (tertiary/aromatic N) is 3. The van der Waals surface area contributed by atoms with Crippen LogP contribution in [0.25, 0.3) is 0 Å². The highest BCUT2D eigenvalue weighted by molar-refractivity contribution is 6.31. The van der Waals surface area contributed by atoms with Gasteiger partial charge in [-0.2, -0.15) is 0 Å². The molecule has 2 aromatic carbocycles. The topological polar surface area (TPSA) is 65.1 Å². The van der Waals surface area contributed by atoms with Crippen LogP contribution in [0.15, 0.2) is 42.5 Å². The highest BCUT2D eigenvalue weighted by Gasteiger charge is 2.36. The molecule has 1 N–H and O–H groups in total. The molecular formula is C23H27ClN4O3. The van der Waals surface area contributed by atoms with E-state index in [2.05, 4.69) is 22.2 Å². The Morgan fingerprint density at radius 2 is 1.84 bits per heavy atom. The van der Waals surface area contributed by atoms with Crippen molar-refractivity contribution in [3.8, 4) is 5.75 Å². The van der Waals surface area contributed by atoms with Crippen molar-refractivity contribution >= 4 is 40.5 Å². The van der Waals surface area contributed by atoms with Crippen LogP contribution >= 0.6 is 11.6 Å². The number of piperazine rings is 1. The molecule has 0 bridgehead atoms. The Morgan fingerprint density at radius 1 is 1.10 bits per heavy atom. The Bertz CT molecular complexity index is 975. The number of hydrogen-bond donors (Lipinski definition) is 1. The molecule has 7 nitrogen and oxygen atoms in total. The van der Waals surface area contributed by atoms with E-state index in [-0.39, 0.29) is 18.2 Å². The number of benzene rings is 2. The number of amides is 2. The molecule has 0 spiro atoms. The zero-order valence-electron chi connectivity index (χ0n) is 17.8. The Labute approximate surface area is 187 Å². The first kappa shape index (κ1) is 21.5. The third kappa shape index (κ3) is 4.62. The van der Waals surface area contributed by atoms with Crippen LogP contribution in [0.3, 0.4) is 0 Å². The van der Waals surface area contributed by atoms with E-state index in [1.54, 1.807) is 18.1 Å². The lowest BCUT2D eigenvalue weighted by atomic mass is 10.1. The molecule has 2 aliphatic heterocycles. The fourth-order valence-corrected chi connectivity index (χ4v) is 4.31. The van der Waals surface area contributed by atoms with E-state index in [0.717, 1.165) is 31.9 Å². The number of halogens is 1. The molecule has 2 aromatic rings. The minimum Gasteiger partial charge on any atom is -0.495 e. The van der Waals surface area contributed by atoms with E-state index < -0.39 is 5.92 Å². The van der Waals surface area contributed by atoms with Gasteiger partial charge in [-0.05, 0) is 37.4 Å². The predicted molar refractivity (Wildman–Crippen MR) is 123 cm³/mol. The van der Waals surface area contributed by atoms with Gasteiger partial charge in [-0.15, -0.1) is 0 Å². The summed E-state index contributed by atoms with van der Waals surface area (Å²) in [6, 6.07) is 12.9. The lowest BCUT2D eigenvalue weighted by molar-refractivity contribution is -0.122. The predicted octanol–water partition coefficient (Wildman–Crippen LogP) is 3.09. The third-order valence-corrected chi connectivity index (χ3v) is 6.17. The Morgan fingerprint density at radius 3 is 2.58 bits per heavy atom. The zero-order valence-corrected chi connectivity index (χ0v) is 18.6. The van der Waals surface area contributed by atoms with Crippen LogP contribution in [0.4, 0.5) is 17.1 Å². The standard InChI is InChI=1S/C23H27ClN4O3/c1-26-9-11-27(12-10-26)19-8-7-17(24)14-18(19)25-23(30)16-13-22(29)28(15-16)20-5-3-4-6-21(20)31-2/h3-8,14,16H,9-13,15H2,1-2H3,(H,25,30). The number of anilines is 3. The van der Waals surface area contributed by atoms with Gasteiger partial charge in [0, 0.05) is 44.2 Å². The molecule has 0 aliphatic carbocycles. The summed E-state index contributed by atoms with van der Waals surface area (Å²) in [5.41, 5.74) is 2.33. The molecule has 2 aliphatic rings. The smallest absolute Gasteiger partial charge is 0.229 e. The fourth-order valence-electron chi connectivity index (χ4n) is 4.14. The number of carbonyl (C=O) groups excluding carboxylic acids is 2. The number of hydrogen-bond acceptors (Lipinski definition) is 5. The van der Waals surface area contributed by atoms with Crippen molar-refractivity contribution in [3.63, 3.8) is 0 Å². The van der Waals surface area contributed by atoms with Crippen LogP contribution in [0.5, 0.6) is 5.75 Å². The fraction of sp³-hybridized carbons (Fsp3) is 0.391. The molecule has 1 atom stereocenters. The third-order valence-electron chi connectivity index (χ3n) is 5.93. The van der Waals surface area contributed by atoms with Gasteiger partial charge in [0.25, 0.3) is 0 Å². The second kappa shape index (κ2) is 9.16. The van der Waals surface area contributed by atoms with Crippen molar-refractivity contribution in [2.75, 3.05) is 62.0 Å². The van der Waals surface area contributed by atoms with Crippen LogP contribution in [-0.2, 0) is 9.59 Å². The minimum atomic E-state index is -0.447. The molecule has 1 unspecified atom stereocenters. The molecule has 2 fully saturated rings. The summed E-state index contributed by atoms with van der Waals surface area (Å²) in [5, 5.41) is 3.60. The van der Waals surface area contributed by atoms with Crippen molar-refractivity contribution in [1.29, 1.82) is 0 Å². The van der Waals surface area contributed by atoms with Crippen LogP contribution in [0, 0.1) is 5.92 Å². The van der Waals surface area contributed by atoms with Gasteiger partial charge in [0.2, 0.25) is 11.8 Å². The second-order valence-corrected chi connectivity index (χ2v) is 8.45. The molecular weight excluding hydrogens is 416 g/mol.